The molecule has 2 fully saturated rings. The quantitative estimate of drug-likeness (QED) is 0.460. The monoisotopic (exact) mass is 348 g/mol. The molecule has 3 unspecified atom stereocenters. The summed E-state index contributed by atoms with van der Waals surface area (Å²) in [5.41, 5.74) is 0. The Morgan fingerprint density at radius 1 is 1.36 bits per heavy atom. The standard InChI is InChI=1S/C16H28O4S2/c1-2-9-18-15(17)12-13(6-7-14-8-11-21-22-14)20-16-5-3-4-10-19-16/h13-14,16H,2-12H2,1H3. The summed E-state index contributed by atoms with van der Waals surface area (Å²) in [7, 11) is 3.93. The molecular weight excluding hydrogens is 320 g/mol. The second-order valence-electron chi connectivity index (χ2n) is 5.89. The fourth-order valence-corrected chi connectivity index (χ4v) is 5.65. The Hall–Kier alpha value is 0.0900. The van der Waals surface area contributed by atoms with Gasteiger partial charge in [0.25, 0.3) is 0 Å². The SMILES string of the molecule is CCCOC(=O)CC(CCC1CCSS1)OC1CCCCO1. The Kier molecular flexibility index (Phi) is 9.04. The van der Waals surface area contributed by atoms with Gasteiger partial charge in [0.05, 0.1) is 19.1 Å². The highest BCUT2D eigenvalue weighted by Gasteiger charge is 2.25. The predicted octanol–water partition coefficient (Wildman–Crippen LogP) is 4.18. The summed E-state index contributed by atoms with van der Waals surface area (Å²) in [5.74, 6) is 1.10. The van der Waals surface area contributed by atoms with Crippen molar-refractivity contribution in [3.8, 4) is 0 Å². The molecule has 0 aliphatic carbocycles. The summed E-state index contributed by atoms with van der Waals surface area (Å²) in [5, 5.41) is 0.704. The number of rotatable bonds is 9. The molecule has 128 valence electrons. The maximum Gasteiger partial charge on any atom is 0.308 e. The van der Waals surface area contributed by atoms with Crippen LogP contribution in [0.5, 0.6) is 0 Å². The minimum absolute atomic E-state index is 0.0707. The first-order chi connectivity index (χ1) is 10.8. The lowest BCUT2D eigenvalue weighted by Crippen LogP contribution is -2.30. The van der Waals surface area contributed by atoms with Gasteiger partial charge in [-0.2, -0.15) is 0 Å². The largest absolute Gasteiger partial charge is 0.466 e. The van der Waals surface area contributed by atoms with Crippen molar-refractivity contribution in [2.45, 2.75) is 75.9 Å². The fourth-order valence-electron chi connectivity index (χ4n) is 2.65. The van der Waals surface area contributed by atoms with Gasteiger partial charge in [-0.05, 0) is 44.9 Å². The van der Waals surface area contributed by atoms with Crippen LogP contribution in [-0.2, 0) is 19.0 Å². The minimum atomic E-state index is -0.142. The van der Waals surface area contributed by atoms with Crippen LogP contribution in [0, 0.1) is 0 Å². The highest BCUT2D eigenvalue weighted by molar-refractivity contribution is 8.77. The number of carbonyl (C=O) groups excluding carboxylic acids is 1. The fraction of sp³-hybridized carbons (Fsp3) is 0.938. The van der Waals surface area contributed by atoms with Gasteiger partial charge in [0, 0.05) is 17.6 Å². The van der Waals surface area contributed by atoms with Crippen LogP contribution in [0.1, 0.15) is 58.3 Å². The molecular formula is C16H28O4S2. The molecule has 22 heavy (non-hydrogen) atoms. The van der Waals surface area contributed by atoms with Gasteiger partial charge >= 0.3 is 5.97 Å². The van der Waals surface area contributed by atoms with Gasteiger partial charge in [0.15, 0.2) is 6.29 Å². The minimum Gasteiger partial charge on any atom is -0.466 e. The molecule has 2 heterocycles. The van der Waals surface area contributed by atoms with E-state index in [-0.39, 0.29) is 18.4 Å². The summed E-state index contributed by atoms with van der Waals surface area (Å²) in [6.45, 7) is 3.28. The van der Waals surface area contributed by atoms with Gasteiger partial charge < -0.3 is 14.2 Å². The smallest absolute Gasteiger partial charge is 0.308 e. The van der Waals surface area contributed by atoms with Crippen LogP contribution in [0.3, 0.4) is 0 Å². The van der Waals surface area contributed by atoms with Gasteiger partial charge in [0.2, 0.25) is 0 Å². The van der Waals surface area contributed by atoms with Crippen molar-refractivity contribution >= 4 is 27.6 Å². The van der Waals surface area contributed by atoms with E-state index < -0.39 is 0 Å². The molecule has 0 amide bonds. The molecule has 0 radical (unpaired) electrons. The van der Waals surface area contributed by atoms with E-state index in [1.54, 1.807) is 0 Å². The number of esters is 1. The third-order valence-electron chi connectivity index (χ3n) is 3.88. The Labute approximate surface area is 141 Å². The van der Waals surface area contributed by atoms with Crippen LogP contribution in [0.25, 0.3) is 0 Å². The number of carbonyl (C=O) groups is 1. The van der Waals surface area contributed by atoms with Crippen LogP contribution in [-0.4, -0.2) is 42.6 Å². The summed E-state index contributed by atoms with van der Waals surface area (Å²) >= 11 is 0. The van der Waals surface area contributed by atoms with Crippen molar-refractivity contribution in [1.29, 1.82) is 0 Å². The molecule has 6 heteroatoms. The third-order valence-corrected chi connectivity index (χ3v) is 6.89. The molecule has 4 nitrogen and oxygen atoms in total. The van der Waals surface area contributed by atoms with Crippen molar-refractivity contribution in [2.75, 3.05) is 19.0 Å². The summed E-state index contributed by atoms with van der Waals surface area (Å²) in [6.07, 6.45) is 7.49. The van der Waals surface area contributed by atoms with Crippen molar-refractivity contribution < 1.29 is 19.0 Å². The maximum absolute atomic E-state index is 11.9. The average Bonchev–Trinajstić information content (AvgIpc) is 3.05. The van der Waals surface area contributed by atoms with E-state index in [1.807, 2.05) is 28.5 Å². The average molecular weight is 349 g/mol. The van der Waals surface area contributed by atoms with E-state index in [1.165, 1.54) is 12.2 Å². The first-order valence-electron chi connectivity index (χ1n) is 8.49. The van der Waals surface area contributed by atoms with Crippen LogP contribution in [0.4, 0.5) is 0 Å². The predicted molar refractivity (Wildman–Crippen MR) is 92.0 cm³/mol. The van der Waals surface area contributed by atoms with Gasteiger partial charge in [0.1, 0.15) is 0 Å². The zero-order valence-corrected chi connectivity index (χ0v) is 15.1. The third kappa shape index (κ3) is 7.11. The van der Waals surface area contributed by atoms with Gasteiger partial charge in [-0.25, -0.2) is 0 Å². The first-order valence-corrected chi connectivity index (χ1v) is 10.9. The zero-order chi connectivity index (χ0) is 15.6. The van der Waals surface area contributed by atoms with E-state index >= 15 is 0 Å². The summed E-state index contributed by atoms with van der Waals surface area (Å²) in [4.78, 5) is 11.9. The van der Waals surface area contributed by atoms with Crippen LogP contribution in [0.2, 0.25) is 0 Å². The van der Waals surface area contributed by atoms with E-state index in [4.69, 9.17) is 14.2 Å². The van der Waals surface area contributed by atoms with E-state index in [0.717, 1.165) is 45.1 Å². The number of hydrogen-bond donors (Lipinski definition) is 0. The molecule has 0 aromatic heterocycles. The number of hydrogen-bond acceptors (Lipinski definition) is 6. The van der Waals surface area contributed by atoms with Crippen molar-refractivity contribution in [2.24, 2.45) is 0 Å². The van der Waals surface area contributed by atoms with Crippen molar-refractivity contribution in [3.63, 3.8) is 0 Å². The molecule has 0 bridgehead atoms. The summed E-state index contributed by atoms with van der Waals surface area (Å²) < 4.78 is 16.9. The Morgan fingerprint density at radius 2 is 2.27 bits per heavy atom. The molecule has 0 N–H and O–H groups in total. The second kappa shape index (κ2) is 10.8. The second-order valence-corrected chi connectivity index (χ2v) is 8.67. The Balaban J connectivity index is 1.77. The van der Waals surface area contributed by atoms with E-state index in [2.05, 4.69) is 0 Å². The van der Waals surface area contributed by atoms with Gasteiger partial charge in [-0.1, -0.05) is 28.5 Å². The molecule has 2 aliphatic heterocycles. The van der Waals surface area contributed by atoms with Crippen LogP contribution < -0.4 is 0 Å². The Bertz CT molecular complexity index is 315. The zero-order valence-electron chi connectivity index (χ0n) is 13.5. The van der Waals surface area contributed by atoms with Gasteiger partial charge in [-0.3, -0.25) is 4.79 Å². The lowest BCUT2D eigenvalue weighted by Gasteiger charge is -2.28. The van der Waals surface area contributed by atoms with Crippen molar-refractivity contribution in [1.82, 2.24) is 0 Å². The highest BCUT2D eigenvalue weighted by atomic mass is 33.1. The van der Waals surface area contributed by atoms with Crippen molar-refractivity contribution in [3.05, 3.63) is 0 Å². The van der Waals surface area contributed by atoms with Gasteiger partial charge in [-0.15, -0.1) is 0 Å². The topological polar surface area (TPSA) is 44.8 Å². The molecule has 0 aromatic rings. The van der Waals surface area contributed by atoms with E-state index in [9.17, 15) is 4.79 Å². The molecule has 0 spiro atoms. The van der Waals surface area contributed by atoms with Crippen LogP contribution >= 0.6 is 21.6 Å². The lowest BCUT2D eigenvalue weighted by molar-refractivity contribution is -0.194. The molecule has 2 aliphatic rings. The number of ether oxygens (including phenoxy) is 3. The van der Waals surface area contributed by atoms with E-state index in [0.29, 0.717) is 18.3 Å². The lowest BCUT2D eigenvalue weighted by atomic mass is 10.1. The normalized spacial score (nSPS) is 26.8. The maximum atomic E-state index is 11.9. The highest BCUT2D eigenvalue weighted by Crippen LogP contribution is 2.40. The molecule has 3 atom stereocenters. The molecule has 2 rings (SSSR count). The molecule has 2 saturated heterocycles. The first kappa shape index (κ1) is 18.4. The molecule has 0 aromatic carbocycles. The Morgan fingerprint density at radius 3 is 2.95 bits per heavy atom. The summed E-state index contributed by atoms with van der Waals surface area (Å²) in [6, 6.07) is 0. The molecule has 0 saturated carbocycles. The van der Waals surface area contributed by atoms with Crippen LogP contribution in [0.15, 0.2) is 0 Å².